The van der Waals surface area contributed by atoms with Crippen molar-refractivity contribution in [1.82, 2.24) is 10.3 Å². The summed E-state index contributed by atoms with van der Waals surface area (Å²) in [6.07, 6.45) is 1.05. The van der Waals surface area contributed by atoms with Crippen molar-refractivity contribution in [3.05, 3.63) is 49.4 Å². The second kappa shape index (κ2) is 6.90. The van der Waals surface area contributed by atoms with Crippen LogP contribution >= 0.6 is 34.5 Å². The van der Waals surface area contributed by atoms with Crippen LogP contribution in [0.1, 0.15) is 40.5 Å². The van der Waals surface area contributed by atoms with Gasteiger partial charge in [-0.1, -0.05) is 30.1 Å². The maximum Gasteiger partial charge on any atom is 0.115 e. The molecule has 1 N–H and O–H groups in total. The molecule has 0 saturated heterocycles. The average Bonchev–Trinajstić information content (AvgIpc) is 2.74. The molecule has 2 rings (SSSR count). The lowest BCUT2D eigenvalue weighted by atomic mass is 10.1. The number of hydrogen-bond donors (Lipinski definition) is 1. The molecule has 20 heavy (non-hydrogen) atoms. The molecule has 0 saturated carbocycles. The fourth-order valence-electron chi connectivity index (χ4n) is 1.98. The lowest BCUT2D eigenvalue weighted by Gasteiger charge is -2.18. The minimum absolute atomic E-state index is 0.00134. The Hall–Kier alpha value is -0.610. The van der Waals surface area contributed by atoms with Crippen molar-refractivity contribution in [1.29, 1.82) is 0 Å². The van der Waals surface area contributed by atoms with Gasteiger partial charge in [0.05, 0.1) is 11.7 Å². The third-order valence-electron chi connectivity index (χ3n) is 3.16. The molecule has 0 amide bonds. The molecule has 0 aliphatic carbocycles. The van der Waals surface area contributed by atoms with E-state index in [1.54, 1.807) is 11.3 Å². The van der Waals surface area contributed by atoms with Crippen molar-refractivity contribution < 1.29 is 0 Å². The van der Waals surface area contributed by atoms with Gasteiger partial charge in [0, 0.05) is 14.9 Å². The van der Waals surface area contributed by atoms with E-state index < -0.39 is 0 Å². The third-order valence-corrected chi connectivity index (χ3v) is 4.88. The molecule has 1 aromatic carbocycles. The first-order chi connectivity index (χ1) is 9.52. The third kappa shape index (κ3) is 3.53. The minimum atomic E-state index is -0.00134. The molecule has 108 valence electrons. The van der Waals surface area contributed by atoms with Gasteiger partial charge in [-0.25, -0.2) is 4.98 Å². The SMILES string of the molecule is CCCNC(c1nc(C)c(C)s1)c1cc(Cl)ccc1Cl. The van der Waals surface area contributed by atoms with Crippen LogP contribution in [-0.4, -0.2) is 11.5 Å². The van der Waals surface area contributed by atoms with Crippen LogP contribution < -0.4 is 5.32 Å². The highest BCUT2D eigenvalue weighted by Crippen LogP contribution is 2.33. The lowest BCUT2D eigenvalue weighted by Crippen LogP contribution is -2.23. The highest BCUT2D eigenvalue weighted by atomic mass is 35.5. The molecule has 0 spiro atoms. The molecule has 1 atom stereocenters. The lowest BCUT2D eigenvalue weighted by molar-refractivity contribution is 0.595. The summed E-state index contributed by atoms with van der Waals surface area (Å²) in [6.45, 7) is 7.17. The highest BCUT2D eigenvalue weighted by molar-refractivity contribution is 7.11. The maximum atomic E-state index is 6.34. The Morgan fingerprint density at radius 3 is 2.65 bits per heavy atom. The quantitative estimate of drug-likeness (QED) is 0.820. The van der Waals surface area contributed by atoms with E-state index in [-0.39, 0.29) is 6.04 Å². The second-order valence-electron chi connectivity index (χ2n) is 4.75. The van der Waals surface area contributed by atoms with E-state index in [0.29, 0.717) is 10.0 Å². The Balaban J connectivity index is 2.43. The Bertz CT molecular complexity index is 576. The number of hydrogen-bond acceptors (Lipinski definition) is 3. The zero-order valence-electron chi connectivity index (χ0n) is 11.8. The minimum Gasteiger partial charge on any atom is -0.304 e. The van der Waals surface area contributed by atoms with Crippen molar-refractivity contribution in [2.45, 2.75) is 33.2 Å². The first-order valence-corrected chi connectivity index (χ1v) is 8.22. The van der Waals surface area contributed by atoms with Crippen molar-refractivity contribution in [3.63, 3.8) is 0 Å². The standard InChI is InChI=1S/C15H18Cl2N2S/c1-4-7-18-14(15-19-9(2)10(3)20-15)12-8-11(16)5-6-13(12)17/h5-6,8,14,18H,4,7H2,1-3H3. The molecule has 0 bridgehead atoms. The van der Waals surface area contributed by atoms with Gasteiger partial charge in [-0.2, -0.15) is 0 Å². The van der Waals surface area contributed by atoms with Crippen molar-refractivity contribution >= 4 is 34.5 Å². The number of nitrogens with zero attached hydrogens (tertiary/aromatic N) is 1. The van der Waals surface area contributed by atoms with Gasteiger partial charge < -0.3 is 5.32 Å². The average molecular weight is 329 g/mol. The molecule has 0 radical (unpaired) electrons. The number of rotatable bonds is 5. The Kier molecular flexibility index (Phi) is 5.44. The summed E-state index contributed by atoms with van der Waals surface area (Å²) in [5.41, 5.74) is 2.06. The number of aryl methyl sites for hydroxylation is 2. The van der Waals surface area contributed by atoms with E-state index >= 15 is 0 Å². The highest BCUT2D eigenvalue weighted by Gasteiger charge is 2.20. The Morgan fingerprint density at radius 2 is 2.05 bits per heavy atom. The molecule has 2 aromatic rings. The van der Waals surface area contributed by atoms with Crippen molar-refractivity contribution in [2.75, 3.05) is 6.54 Å². The van der Waals surface area contributed by atoms with Gasteiger partial charge in [0.1, 0.15) is 5.01 Å². The van der Waals surface area contributed by atoms with Crippen LogP contribution in [0.15, 0.2) is 18.2 Å². The van der Waals surface area contributed by atoms with Crippen molar-refractivity contribution in [2.24, 2.45) is 0 Å². The predicted octanol–water partition coefficient (Wildman–Crippen LogP) is 5.16. The summed E-state index contributed by atoms with van der Waals surface area (Å²) in [6, 6.07) is 5.57. The van der Waals surface area contributed by atoms with Crippen LogP contribution in [0.4, 0.5) is 0 Å². The number of thiazole rings is 1. The van der Waals surface area contributed by atoms with Crippen LogP contribution in [-0.2, 0) is 0 Å². The molecule has 5 heteroatoms. The molecule has 1 heterocycles. The zero-order valence-corrected chi connectivity index (χ0v) is 14.2. The van der Waals surface area contributed by atoms with E-state index in [2.05, 4.69) is 24.1 Å². The van der Waals surface area contributed by atoms with Crippen molar-refractivity contribution in [3.8, 4) is 0 Å². The molecular weight excluding hydrogens is 311 g/mol. The Morgan fingerprint density at radius 1 is 1.30 bits per heavy atom. The van der Waals surface area contributed by atoms with Crippen LogP contribution in [0.5, 0.6) is 0 Å². The summed E-state index contributed by atoms with van der Waals surface area (Å²) in [4.78, 5) is 5.90. The van der Waals surface area contributed by atoms with Gasteiger partial charge in [0.15, 0.2) is 0 Å². The molecule has 1 aromatic heterocycles. The van der Waals surface area contributed by atoms with E-state index in [1.165, 1.54) is 4.88 Å². The van der Waals surface area contributed by atoms with Gasteiger partial charge in [0.2, 0.25) is 0 Å². The largest absolute Gasteiger partial charge is 0.304 e. The molecule has 1 unspecified atom stereocenters. The molecular formula is C15H18Cl2N2S. The van der Waals surface area contributed by atoms with E-state index in [1.807, 2.05) is 25.1 Å². The summed E-state index contributed by atoms with van der Waals surface area (Å²) >= 11 is 14.2. The number of aromatic nitrogens is 1. The van der Waals surface area contributed by atoms with E-state index in [4.69, 9.17) is 23.2 Å². The van der Waals surface area contributed by atoms with E-state index in [0.717, 1.165) is 29.2 Å². The maximum absolute atomic E-state index is 6.34. The summed E-state index contributed by atoms with van der Waals surface area (Å²) in [5.74, 6) is 0. The van der Waals surface area contributed by atoms with Crippen LogP contribution in [0, 0.1) is 13.8 Å². The van der Waals surface area contributed by atoms with E-state index in [9.17, 15) is 0 Å². The zero-order chi connectivity index (χ0) is 14.7. The van der Waals surface area contributed by atoms with Gasteiger partial charge in [-0.05, 0) is 50.6 Å². The van der Waals surface area contributed by atoms with Gasteiger partial charge in [0.25, 0.3) is 0 Å². The number of benzene rings is 1. The fourth-order valence-corrected chi connectivity index (χ4v) is 3.40. The van der Waals surface area contributed by atoms with Gasteiger partial charge in [-0.15, -0.1) is 11.3 Å². The number of halogens is 2. The topological polar surface area (TPSA) is 24.9 Å². The first-order valence-electron chi connectivity index (χ1n) is 6.65. The smallest absolute Gasteiger partial charge is 0.115 e. The van der Waals surface area contributed by atoms with Gasteiger partial charge in [-0.3, -0.25) is 0 Å². The molecule has 0 aliphatic heterocycles. The fraction of sp³-hybridized carbons (Fsp3) is 0.400. The van der Waals surface area contributed by atoms with Gasteiger partial charge >= 0.3 is 0 Å². The summed E-state index contributed by atoms with van der Waals surface area (Å²) < 4.78 is 0. The monoisotopic (exact) mass is 328 g/mol. The molecule has 0 fully saturated rings. The molecule has 2 nitrogen and oxygen atoms in total. The Labute approximate surface area is 134 Å². The predicted molar refractivity (Wildman–Crippen MR) is 88.2 cm³/mol. The summed E-state index contributed by atoms with van der Waals surface area (Å²) in [5, 5.41) is 5.96. The van der Waals surface area contributed by atoms with Crippen LogP contribution in [0.3, 0.4) is 0 Å². The summed E-state index contributed by atoms with van der Waals surface area (Å²) in [7, 11) is 0. The first kappa shape index (κ1) is 15.8. The van der Waals surface area contributed by atoms with Crippen LogP contribution in [0.2, 0.25) is 10.0 Å². The number of nitrogens with one attached hydrogen (secondary N) is 1. The van der Waals surface area contributed by atoms with Crippen LogP contribution in [0.25, 0.3) is 0 Å². The second-order valence-corrected chi connectivity index (χ2v) is 6.83. The normalized spacial score (nSPS) is 12.7. The molecule has 0 aliphatic rings.